The molecular weight excluding hydrogens is 504 g/mol. The third-order valence-electron chi connectivity index (χ3n) is 6.77. The third-order valence-corrected chi connectivity index (χ3v) is 7.35. The molecule has 2 aliphatic rings. The predicted octanol–water partition coefficient (Wildman–Crippen LogP) is 3.26. The topological polar surface area (TPSA) is 101 Å². The molecule has 1 fully saturated rings. The van der Waals surface area contributed by atoms with Crippen LogP contribution in [0.2, 0.25) is 0 Å². The van der Waals surface area contributed by atoms with Crippen LogP contribution in [0.1, 0.15) is 34.5 Å². The fourth-order valence-corrected chi connectivity index (χ4v) is 5.26. The molecule has 10 heteroatoms. The van der Waals surface area contributed by atoms with Gasteiger partial charge in [0.25, 0.3) is 5.91 Å². The minimum absolute atomic E-state index is 0.0761. The second-order valence-corrected chi connectivity index (χ2v) is 10.3. The number of nitrogens with zero attached hydrogens (tertiary/aromatic N) is 3. The van der Waals surface area contributed by atoms with Crippen molar-refractivity contribution in [1.29, 1.82) is 0 Å². The largest absolute Gasteiger partial charge is 0.457 e. The van der Waals surface area contributed by atoms with Gasteiger partial charge < -0.3 is 24.6 Å². The van der Waals surface area contributed by atoms with E-state index < -0.39 is 6.04 Å². The number of amides is 3. The number of thiazole rings is 1. The van der Waals surface area contributed by atoms with E-state index in [-0.39, 0.29) is 36.8 Å². The van der Waals surface area contributed by atoms with E-state index in [1.807, 2.05) is 48.5 Å². The van der Waals surface area contributed by atoms with Gasteiger partial charge in [-0.25, -0.2) is 4.98 Å². The maximum absolute atomic E-state index is 13.0. The van der Waals surface area contributed by atoms with E-state index in [9.17, 15) is 14.4 Å². The van der Waals surface area contributed by atoms with E-state index in [4.69, 9.17) is 9.47 Å². The van der Waals surface area contributed by atoms with Crippen LogP contribution in [0, 0.1) is 0 Å². The Kier molecular flexibility index (Phi) is 8.00. The Balaban J connectivity index is 1.37. The summed E-state index contributed by atoms with van der Waals surface area (Å²) in [6.07, 6.45) is 1.06. The molecule has 0 radical (unpaired) electrons. The number of likely N-dealkylation sites (N-methyl/N-ethyl adjacent to an activating group) is 1. The van der Waals surface area contributed by atoms with Gasteiger partial charge in [0.05, 0.1) is 30.8 Å². The Hall–Kier alpha value is -3.76. The van der Waals surface area contributed by atoms with Crippen molar-refractivity contribution in [3.8, 4) is 11.5 Å². The molecule has 38 heavy (non-hydrogen) atoms. The first-order valence-corrected chi connectivity index (χ1v) is 13.6. The summed E-state index contributed by atoms with van der Waals surface area (Å²) in [6, 6.07) is 14.9. The van der Waals surface area contributed by atoms with Crippen molar-refractivity contribution >= 4 is 29.1 Å². The minimum Gasteiger partial charge on any atom is -0.457 e. The third kappa shape index (κ3) is 6.38. The van der Waals surface area contributed by atoms with Crippen LogP contribution in [0.3, 0.4) is 0 Å². The maximum Gasteiger partial charge on any atom is 0.273 e. The van der Waals surface area contributed by atoms with Gasteiger partial charge in [0.1, 0.15) is 17.2 Å². The Bertz CT molecular complexity index is 1300. The molecule has 0 saturated carbocycles. The highest BCUT2D eigenvalue weighted by Gasteiger charge is 2.34. The first kappa shape index (κ1) is 25.9. The molecule has 4 bridgehead atoms. The summed E-state index contributed by atoms with van der Waals surface area (Å²) in [4.78, 5) is 45.9. The first-order chi connectivity index (χ1) is 18.4. The zero-order valence-corrected chi connectivity index (χ0v) is 22.0. The number of likely N-dealkylation sites (tertiary alicyclic amines) is 1. The molecule has 2 atom stereocenters. The van der Waals surface area contributed by atoms with Gasteiger partial charge in [-0.15, -0.1) is 11.3 Å². The van der Waals surface area contributed by atoms with Crippen LogP contribution >= 0.6 is 11.3 Å². The summed E-state index contributed by atoms with van der Waals surface area (Å²) in [5.41, 5.74) is 3.94. The number of ether oxygens (including phenoxy) is 2. The smallest absolute Gasteiger partial charge is 0.273 e. The Morgan fingerprint density at radius 3 is 2.61 bits per heavy atom. The minimum atomic E-state index is -0.430. The van der Waals surface area contributed by atoms with Crippen molar-refractivity contribution in [3.05, 3.63) is 76.2 Å². The van der Waals surface area contributed by atoms with Crippen LogP contribution in [0.25, 0.3) is 0 Å². The van der Waals surface area contributed by atoms with Crippen molar-refractivity contribution in [2.45, 2.75) is 38.0 Å². The molecule has 3 heterocycles. The summed E-state index contributed by atoms with van der Waals surface area (Å²) in [6.45, 7) is 1.04. The lowest BCUT2D eigenvalue weighted by molar-refractivity contribution is -0.135. The molecule has 1 aromatic heterocycles. The van der Waals surface area contributed by atoms with E-state index >= 15 is 0 Å². The summed E-state index contributed by atoms with van der Waals surface area (Å²) in [7, 11) is 1.62. The average molecular weight is 535 g/mol. The predicted molar refractivity (Wildman–Crippen MR) is 142 cm³/mol. The number of rotatable bonds is 1. The number of carbonyl (C=O) groups is 3. The quantitative estimate of drug-likeness (QED) is 0.515. The fraction of sp³-hybridized carbons (Fsp3) is 0.357. The lowest BCUT2D eigenvalue weighted by Crippen LogP contribution is -2.58. The zero-order chi connectivity index (χ0) is 26.5. The SMILES string of the molecule is CN1CC(=O)N[C@H]2CN(C(=O)c3cscn3)CC[C@H]2OCc2cccc(c2)Oc2cccc(c2)CCC1=O. The van der Waals surface area contributed by atoms with Gasteiger partial charge in [-0.2, -0.15) is 0 Å². The van der Waals surface area contributed by atoms with Gasteiger partial charge in [-0.1, -0.05) is 24.3 Å². The number of hydrogen-bond donors (Lipinski definition) is 1. The lowest BCUT2D eigenvalue weighted by atomic mass is 10.0. The second-order valence-electron chi connectivity index (χ2n) is 9.58. The van der Waals surface area contributed by atoms with Crippen LogP contribution in [0.15, 0.2) is 59.4 Å². The number of hydrogen-bond acceptors (Lipinski definition) is 7. The number of benzene rings is 2. The van der Waals surface area contributed by atoms with Gasteiger partial charge in [-0.05, 0) is 48.2 Å². The maximum atomic E-state index is 13.0. The number of nitrogens with one attached hydrogen (secondary N) is 1. The van der Waals surface area contributed by atoms with E-state index in [2.05, 4.69) is 10.3 Å². The van der Waals surface area contributed by atoms with Gasteiger partial charge in [0.15, 0.2) is 0 Å². The molecule has 2 aromatic carbocycles. The Morgan fingerprint density at radius 2 is 1.84 bits per heavy atom. The highest BCUT2D eigenvalue weighted by molar-refractivity contribution is 7.07. The normalized spacial score (nSPS) is 21.0. The molecule has 0 aliphatic carbocycles. The van der Waals surface area contributed by atoms with Crippen LogP contribution in [-0.2, 0) is 27.4 Å². The summed E-state index contributed by atoms with van der Waals surface area (Å²) in [5.74, 6) is 0.796. The van der Waals surface area contributed by atoms with E-state index in [0.29, 0.717) is 49.7 Å². The standard InChI is InChI=1S/C28H30N4O5S/c1-31-15-26(33)30-23-14-32(28(35)24-17-38-18-29-24)11-10-25(23)36-16-20-5-3-7-22(13-20)37-21-6-2-4-19(12-21)8-9-27(31)34/h2-7,12-13,17-18,23,25H,8-11,14-16H2,1H3,(H,30,33)/t23-,25+/m0/s1. The number of aromatic nitrogens is 1. The van der Waals surface area contributed by atoms with Crippen LogP contribution in [-0.4, -0.2) is 71.3 Å². The van der Waals surface area contributed by atoms with Gasteiger partial charge >= 0.3 is 0 Å². The molecule has 0 unspecified atom stereocenters. The molecule has 1 saturated heterocycles. The van der Waals surface area contributed by atoms with Gasteiger partial charge in [0, 0.05) is 31.9 Å². The van der Waals surface area contributed by atoms with Crippen molar-refractivity contribution < 1.29 is 23.9 Å². The molecule has 1 N–H and O–H groups in total. The number of fused-ring (bicyclic) bond motifs is 5. The molecule has 0 spiro atoms. The first-order valence-electron chi connectivity index (χ1n) is 12.6. The number of aryl methyl sites for hydroxylation is 1. The van der Waals surface area contributed by atoms with Gasteiger partial charge in [0.2, 0.25) is 11.8 Å². The van der Waals surface area contributed by atoms with E-state index in [1.165, 1.54) is 16.2 Å². The molecular formula is C28H30N4O5S. The molecule has 3 amide bonds. The van der Waals surface area contributed by atoms with Crippen LogP contribution in [0.5, 0.6) is 11.5 Å². The van der Waals surface area contributed by atoms with E-state index in [1.54, 1.807) is 22.8 Å². The average Bonchev–Trinajstić information content (AvgIpc) is 3.45. The number of carbonyl (C=O) groups excluding carboxylic acids is 3. The fourth-order valence-electron chi connectivity index (χ4n) is 4.73. The molecule has 9 nitrogen and oxygen atoms in total. The molecule has 5 rings (SSSR count). The second kappa shape index (κ2) is 11.7. The number of piperidine rings is 1. The van der Waals surface area contributed by atoms with Gasteiger partial charge in [-0.3, -0.25) is 14.4 Å². The lowest BCUT2D eigenvalue weighted by Gasteiger charge is -2.38. The molecule has 198 valence electrons. The summed E-state index contributed by atoms with van der Waals surface area (Å²) >= 11 is 1.37. The summed E-state index contributed by atoms with van der Waals surface area (Å²) < 4.78 is 12.4. The van der Waals surface area contributed by atoms with Crippen molar-refractivity contribution in [1.82, 2.24) is 20.1 Å². The highest BCUT2D eigenvalue weighted by atomic mass is 32.1. The summed E-state index contributed by atoms with van der Waals surface area (Å²) in [5, 5.41) is 4.74. The monoisotopic (exact) mass is 534 g/mol. The van der Waals surface area contributed by atoms with E-state index in [0.717, 1.165) is 11.1 Å². The Labute approximate surface area is 225 Å². The highest BCUT2D eigenvalue weighted by Crippen LogP contribution is 2.25. The van der Waals surface area contributed by atoms with Crippen LogP contribution in [0.4, 0.5) is 0 Å². The van der Waals surface area contributed by atoms with Crippen molar-refractivity contribution in [2.24, 2.45) is 0 Å². The van der Waals surface area contributed by atoms with Crippen molar-refractivity contribution in [3.63, 3.8) is 0 Å². The van der Waals surface area contributed by atoms with Crippen molar-refractivity contribution in [2.75, 3.05) is 26.7 Å². The van der Waals surface area contributed by atoms with Crippen LogP contribution < -0.4 is 10.1 Å². The molecule has 2 aliphatic heterocycles. The zero-order valence-electron chi connectivity index (χ0n) is 21.2. The Morgan fingerprint density at radius 1 is 1.08 bits per heavy atom. The molecule has 3 aromatic rings.